The van der Waals surface area contributed by atoms with Crippen LogP contribution in [0.1, 0.15) is 40.2 Å². The summed E-state index contributed by atoms with van der Waals surface area (Å²) in [5, 5.41) is 1.08. The van der Waals surface area contributed by atoms with Gasteiger partial charge in [-0.3, -0.25) is 15.0 Å². The molecule has 0 bridgehead atoms. The van der Waals surface area contributed by atoms with Crippen LogP contribution in [-0.4, -0.2) is 16.8 Å². The van der Waals surface area contributed by atoms with Crippen molar-refractivity contribution in [2.45, 2.75) is 40.0 Å². The predicted octanol–water partition coefficient (Wildman–Crippen LogP) is 3.02. The Kier molecular flexibility index (Phi) is 3.42. The minimum absolute atomic E-state index is 0.0147. The van der Waals surface area contributed by atoms with Crippen molar-refractivity contribution in [3.8, 4) is 0 Å². The van der Waals surface area contributed by atoms with Gasteiger partial charge in [0.1, 0.15) is 0 Å². The smallest absolute Gasteiger partial charge is 0.275 e. The summed E-state index contributed by atoms with van der Waals surface area (Å²) in [6, 6.07) is 7.76. The number of nitrogens with one attached hydrogen (secondary N) is 1. The van der Waals surface area contributed by atoms with Gasteiger partial charge in [0.05, 0.1) is 5.69 Å². The van der Waals surface area contributed by atoms with Crippen LogP contribution in [0.3, 0.4) is 0 Å². The first-order valence-electron chi connectivity index (χ1n) is 6.65. The molecule has 0 atom stereocenters. The zero-order valence-electron chi connectivity index (χ0n) is 12.6. The number of carbonyl (C=O) groups is 2. The minimum atomic E-state index is -0.284. The average molecular weight is 272 g/mol. The van der Waals surface area contributed by atoms with Gasteiger partial charge in [0, 0.05) is 11.1 Å². The first-order chi connectivity index (χ1) is 9.21. The zero-order valence-corrected chi connectivity index (χ0v) is 12.6. The molecule has 1 aromatic carbocycles. The van der Waals surface area contributed by atoms with Gasteiger partial charge < -0.3 is 0 Å². The number of benzene rings is 1. The first kappa shape index (κ1) is 14.3. The van der Waals surface area contributed by atoms with E-state index >= 15 is 0 Å². The summed E-state index contributed by atoms with van der Waals surface area (Å²) in [5.74, 6) is -0.567. The average Bonchev–Trinajstić information content (AvgIpc) is 2.56. The molecule has 0 fully saturated rings. The molecule has 20 heavy (non-hydrogen) atoms. The van der Waals surface area contributed by atoms with Crippen molar-refractivity contribution in [3.05, 3.63) is 41.0 Å². The van der Waals surface area contributed by atoms with Gasteiger partial charge in [-0.15, -0.1) is 0 Å². The maximum atomic E-state index is 12.0. The van der Waals surface area contributed by atoms with Crippen molar-refractivity contribution in [3.63, 3.8) is 0 Å². The molecule has 0 aromatic heterocycles. The van der Waals surface area contributed by atoms with Gasteiger partial charge in [0.25, 0.3) is 11.8 Å². The summed E-state index contributed by atoms with van der Waals surface area (Å²) in [5.41, 5.74) is 5.79. The van der Waals surface area contributed by atoms with Gasteiger partial charge in [0.15, 0.2) is 0 Å². The number of hydrogen-bond acceptors (Lipinski definition) is 3. The molecule has 1 aliphatic heterocycles. The number of carbonyl (C=O) groups excluding carboxylic acids is 2. The van der Waals surface area contributed by atoms with E-state index < -0.39 is 0 Å². The molecular formula is C16H20N2O2. The molecule has 2 amide bonds. The lowest BCUT2D eigenvalue weighted by Gasteiger charge is -2.22. The van der Waals surface area contributed by atoms with Gasteiger partial charge in [-0.05, 0) is 37.0 Å². The van der Waals surface area contributed by atoms with Crippen LogP contribution in [0.4, 0.5) is 5.69 Å². The minimum Gasteiger partial charge on any atom is -0.288 e. The van der Waals surface area contributed by atoms with Crippen molar-refractivity contribution in [2.75, 3.05) is 5.43 Å². The fraction of sp³-hybridized carbons (Fsp3) is 0.375. The van der Waals surface area contributed by atoms with Crippen molar-refractivity contribution in [1.29, 1.82) is 0 Å². The van der Waals surface area contributed by atoms with Crippen LogP contribution >= 0.6 is 0 Å². The molecule has 0 unspecified atom stereocenters. The molecule has 4 nitrogen and oxygen atoms in total. The van der Waals surface area contributed by atoms with Crippen molar-refractivity contribution >= 4 is 17.5 Å². The Morgan fingerprint density at radius 3 is 2.05 bits per heavy atom. The van der Waals surface area contributed by atoms with E-state index in [-0.39, 0.29) is 17.2 Å². The monoisotopic (exact) mass is 272 g/mol. The maximum Gasteiger partial charge on any atom is 0.275 e. The fourth-order valence-electron chi connectivity index (χ4n) is 2.03. The highest BCUT2D eigenvalue weighted by Crippen LogP contribution is 2.26. The number of amides is 2. The number of anilines is 1. The first-order valence-corrected chi connectivity index (χ1v) is 6.65. The quantitative estimate of drug-likeness (QED) is 0.842. The van der Waals surface area contributed by atoms with Crippen LogP contribution in [0.5, 0.6) is 0 Å². The van der Waals surface area contributed by atoms with Crippen LogP contribution in [0.2, 0.25) is 0 Å². The van der Waals surface area contributed by atoms with Gasteiger partial charge in [0.2, 0.25) is 0 Å². The fourth-order valence-corrected chi connectivity index (χ4v) is 2.03. The summed E-state index contributed by atoms with van der Waals surface area (Å²) < 4.78 is 0. The van der Waals surface area contributed by atoms with E-state index in [4.69, 9.17) is 0 Å². The lowest BCUT2D eigenvalue weighted by molar-refractivity contribution is -0.135. The second kappa shape index (κ2) is 4.78. The largest absolute Gasteiger partial charge is 0.288 e. The van der Waals surface area contributed by atoms with Crippen molar-refractivity contribution < 1.29 is 9.59 Å². The van der Waals surface area contributed by atoms with Crippen LogP contribution in [0.25, 0.3) is 0 Å². The highest BCUT2D eigenvalue weighted by Gasteiger charge is 2.33. The molecule has 1 heterocycles. The van der Waals surface area contributed by atoms with Crippen molar-refractivity contribution in [1.82, 2.24) is 5.01 Å². The third kappa shape index (κ3) is 2.46. The third-order valence-electron chi connectivity index (χ3n) is 3.58. The Morgan fingerprint density at radius 1 is 1.00 bits per heavy atom. The molecule has 4 heteroatoms. The number of rotatable bonds is 2. The number of hydrogen-bond donors (Lipinski definition) is 1. The molecule has 0 aliphatic carbocycles. The zero-order chi connectivity index (χ0) is 15.1. The summed E-state index contributed by atoms with van der Waals surface area (Å²) in [7, 11) is 0. The molecular weight excluding hydrogens is 252 g/mol. The lowest BCUT2D eigenvalue weighted by Crippen LogP contribution is -2.36. The summed E-state index contributed by atoms with van der Waals surface area (Å²) in [4.78, 5) is 24.0. The Bertz CT molecular complexity index is 585. The van der Waals surface area contributed by atoms with Gasteiger partial charge in [-0.1, -0.05) is 32.9 Å². The second-order valence-electron chi connectivity index (χ2n) is 6.14. The van der Waals surface area contributed by atoms with Crippen LogP contribution in [0.15, 0.2) is 35.4 Å². The van der Waals surface area contributed by atoms with E-state index in [1.165, 1.54) is 0 Å². The maximum absolute atomic E-state index is 12.0. The molecule has 0 saturated carbocycles. The number of nitrogens with zero attached hydrogens (tertiary/aromatic N) is 1. The van der Waals surface area contributed by atoms with Gasteiger partial charge in [-0.25, -0.2) is 0 Å². The van der Waals surface area contributed by atoms with Gasteiger partial charge >= 0.3 is 0 Å². The highest BCUT2D eigenvalue weighted by molar-refractivity contribution is 6.19. The third-order valence-corrected chi connectivity index (χ3v) is 3.58. The Labute approximate surface area is 119 Å². The lowest BCUT2D eigenvalue weighted by atomic mass is 9.87. The van der Waals surface area contributed by atoms with E-state index in [1.807, 2.05) is 24.3 Å². The van der Waals surface area contributed by atoms with Crippen LogP contribution in [0, 0.1) is 0 Å². The topological polar surface area (TPSA) is 49.4 Å². The normalized spacial score (nSPS) is 16.1. The van der Waals surface area contributed by atoms with E-state index in [9.17, 15) is 9.59 Å². The molecule has 1 aromatic rings. The SMILES string of the molecule is CC1=C(C)C(=O)N(Nc2cccc(C(C)(C)C)c2)C1=O. The van der Waals surface area contributed by atoms with E-state index in [0.29, 0.717) is 11.1 Å². The summed E-state index contributed by atoms with van der Waals surface area (Å²) in [6.45, 7) is 9.70. The Hall–Kier alpha value is -2.10. The molecule has 1 N–H and O–H groups in total. The standard InChI is InChI=1S/C16H20N2O2/c1-10-11(2)15(20)18(14(10)19)17-13-8-6-7-12(9-13)16(3,4)5/h6-9,17H,1-5H3. The molecule has 0 saturated heterocycles. The summed E-state index contributed by atoms with van der Waals surface area (Å²) >= 11 is 0. The van der Waals surface area contributed by atoms with Crippen molar-refractivity contribution in [2.24, 2.45) is 0 Å². The molecule has 0 spiro atoms. The Morgan fingerprint density at radius 2 is 1.55 bits per heavy atom. The number of imide groups is 1. The van der Waals surface area contributed by atoms with Gasteiger partial charge in [-0.2, -0.15) is 5.01 Å². The summed E-state index contributed by atoms with van der Waals surface area (Å²) in [6.07, 6.45) is 0. The van der Waals surface area contributed by atoms with E-state index in [2.05, 4.69) is 26.2 Å². The molecule has 2 rings (SSSR count). The van der Waals surface area contributed by atoms with E-state index in [0.717, 1.165) is 16.3 Å². The molecule has 106 valence electrons. The Balaban J connectivity index is 2.25. The highest BCUT2D eigenvalue weighted by atomic mass is 16.2. The van der Waals surface area contributed by atoms with Crippen LogP contribution < -0.4 is 5.43 Å². The van der Waals surface area contributed by atoms with E-state index in [1.54, 1.807) is 13.8 Å². The molecule has 1 aliphatic rings. The molecule has 0 radical (unpaired) electrons. The predicted molar refractivity (Wildman–Crippen MR) is 79.0 cm³/mol. The second-order valence-corrected chi connectivity index (χ2v) is 6.14. The van der Waals surface area contributed by atoms with Crippen LogP contribution in [-0.2, 0) is 15.0 Å². The number of hydrazine groups is 1.